The van der Waals surface area contributed by atoms with E-state index in [1.165, 1.54) is 0 Å². The van der Waals surface area contributed by atoms with Gasteiger partial charge in [0.05, 0.1) is 0 Å². The summed E-state index contributed by atoms with van der Waals surface area (Å²) in [6.45, 7) is 11.9. The topological polar surface area (TPSA) is 115 Å². The highest BCUT2D eigenvalue weighted by molar-refractivity contribution is 5.71. The van der Waals surface area contributed by atoms with Crippen LogP contribution in [0.2, 0.25) is 0 Å². The van der Waals surface area contributed by atoms with E-state index < -0.39 is 29.7 Å². The predicted octanol–water partition coefficient (Wildman–Crippen LogP) is 2.43. The summed E-state index contributed by atoms with van der Waals surface area (Å²) in [5, 5.41) is 8.25. The van der Waals surface area contributed by atoms with Crippen molar-refractivity contribution in [1.82, 2.24) is 16.0 Å². The zero-order valence-corrected chi connectivity index (χ0v) is 16.5. The van der Waals surface area contributed by atoms with Crippen molar-refractivity contribution in [2.45, 2.75) is 84.7 Å². The number of ether oxygens (including phenoxy) is 2. The SMILES string of the molecule is CC(C)(C)OC(=O)NC(NCCCCCCN)NC(=O)OC(C)(C)C. The van der Waals surface area contributed by atoms with Gasteiger partial charge in [-0.15, -0.1) is 0 Å². The van der Waals surface area contributed by atoms with Crippen LogP contribution < -0.4 is 21.7 Å². The summed E-state index contributed by atoms with van der Waals surface area (Å²) in [7, 11) is 0. The van der Waals surface area contributed by atoms with E-state index in [2.05, 4.69) is 16.0 Å². The number of hydrogen-bond donors (Lipinski definition) is 4. The molecule has 25 heavy (non-hydrogen) atoms. The molecule has 0 saturated heterocycles. The normalized spacial score (nSPS) is 12.0. The number of nitrogens with one attached hydrogen (secondary N) is 3. The third-order valence-electron chi connectivity index (χ3n) is 2.80. The van der Waals surface area contributed by atoms with E-state index in [4.69, 9.17) is 15.2 Å². The largest absolute Gasteiger partial charge is 0.444 e. The van der Waals surface area contributed by atoms with Crippen LogP contribution in [0, 0.1) is 0 Å². The molecule has 0 aliphatic carbocycles. The number of nitrogens with two attached hydrogens (primary N) is 1. The second-order valence-corrected chi connectivity index (χ2v) is 7.88. The molecule has 0 aromatic heterocycles. The summed E-state index contributed by atoms with van der Waals surface area (Å²) in [6.07, 6.45) is 1.96. The van der Waals surface area contributed by atoms with Crippen LogP contribution in [-0.4, -0.2) is 42.8 Å². The van der Waals surface area contributed by atoms with Crippen molar-refractivity contribution < 1.29 is 19.1 Å². The first-order valence-electron chi connectivity index (χ1n) is 8.85. The van der Waals surface area contributed by atoms with Crippen molar-refractivity contribution in [3.8, 4) is 0 Å². The van der Waals surface area contributed by atoms with Gasteiger partial charge in [0.15, 0.2) is 6.29 Å². The average Bonchev–Trinajstić information content (AvgIpc) is 2.37. The van der Waals surface area contributed by atoms with Gasteiger partial charge >= 0.3 is 12.2 Å². The lowest BCUT2D eigenvalue weighted by atomic mass is 10.2. The molecular weight excluding hydrogens is 324 g/mol. The molecule has 0 aromatic carbocycles. The van der Waals surface area contributed by atoms with Crippen LogP contribution in [0.15, 0.2) is 0 Å². The molecule has 0 bridgehead atoms. The maximum Gasteiger partial charge on any atom is 0.410 e. The van der Waals surface area contributed by atoms with Crippen LogP contribution in [0.3, 0.4) is 0 Å². The number of alkyl carbamates (subject to hydrolysis) is 2. The van der Waals surface area contributed by atoms with Crippen molar-refractivity contribution in [3.05, 3.63) is 0 Å². The quantitative estimate of drug-likeness (QED) is 0.371. The van der Waals surface area contributed by atoms with E-state index in [1.54, 1.807) is 41.5 Å². The number of carbonyl (C=O) groups excluding carboxylic acids is 2. The lowest BCUT2D eigenvalue weighted by Gasteiger charge is -2.26. The first kappa shape index (κ1) is 23.5. The molecule has 8 nitrogen and oxygen atoms in total. The second kappa shape index (κ2) is 11.1. The van der Waals surface area contributed by atoms with Crippen molar-refractivity contribution in [2.75, 3.05) is 13.1 Å². The number of hydrogen-bond acceptors (Lipinski definition) is 6. The molecule has 0 aliphatic rings. The van der Waals surface area contributed by atoms with Crippen LogP contribution in [0.5, 0.6) is 0 Å². The number of unbranched alkanes of at least 4 members (excludes halogenated alkanes) is 3. The Balaban J connectivity index is 4.49. The fourth-order valence-corrected chi connectivity index (χ4v) is 1.86. The van der Waals surface area contributed by atoms with Crippen LogP contribution in [-0.2, 0) is 9.47 Å². The number of rotatable bonds is 9. The van der Waals surface area contributed by atoms with Gasteiger partial charge in [-0.25, -0.2) is 9.59 Å². The van der Waals surface area contributed by atoms with E-state index in [9.17, 15) is 9.59 Å². The average molecular weight is 360 g/mol. The third-order valence-corrected chi connectivity index (χ3v) is 2.80. The minimum atomic E-state index is -0.779. The third kappa shape index (κ3) is 15.7. The molecule has 0 spiro atoms. The molecule has 2 amide bonds. The Labute approximate surface area is 151 Å². The summed E-state index contributed by atoms with van der Waals surface area (Å²) in [5.74, 6) is 0. The van der Waals surface area contributed by atoms with E-state index in [1.807, 2.05) is 0 Å². The van der Waals surface area contributed by atoms with E-state index >= 15 is 0 Å². The van der Waals surface area contributed by atoms with Crippen LogP contribution in [0.1, 0.15) is 67.2 Å². The summed E-state index contributed by atoms with van der Waals surface area (Å²) in [6, 6.07) is 0. The molecule has 0 atom stereocenters. The minimum Gasteiger partial charge on any atom is -0.444 e. The summed E-state index contributed by atoms with van der Waals surface area (Å²) in [5.41, 5.74) is 4.22. The van der Waals surface area contributed by atoms with Crippen LogP contribution in [0.25, 0.3) is 0 Å². The second-order valence-electron chi connectivity index (χ2n) is 7.88. The first-order chi connectivity index (χ1) is 11.4. The van der Waals surface area contributed by atoms with Crippen molar-refractivity contribution >= 4 is 12.2 Å². The number of carbonyl (C=O) groups is 2. The fourth-order valence-electron chi connectivity index (χ4n) is 1.86. The van der Waals surface area contributed by atoms with Gasteiger partial charge in [-0.05, 0) is 67.5 Å². The molecule has 0 aliphatic heterocycles. The molecule has 148 valence electrons. The number of amides is 2. The zero-order chi connectivity index (χ0) is 19.5. The summed E-state index contributed by atoms with van der Waals surface area (Å²) in [4.78, 5) is 23.9. The maximum absolute atomic E-state index is 11.9. The van der Waals surface area contributed by atoms with Crippen molar-refractivity contribution in [2.24, 2.45) is 5.73 Å². The Kier molecular flexibility index (Phi) is 10.5. The lowest BCUT2D eigenvalue weighted by Crippen LogP contribution is -2.58. The molecule has 5 N–H and O–H groups in total. The smallest absolute Gasteiger partial charge is 0.410 e. The van der Waals surface area contributed by atoms with Crippen LogP contribution >= 0.6 is 0 Å². The van der Waals surface area contributed by atoms with Crippen molar-refractivity contribution in [1.29, 1.82) is 0 Å². The molecule has 0 radical (unpaired) electrons. The highest BCUT2D eigenvalue weighted by atomic mass is 16.6. The first-order valence-corrected chi connectivity index (χ1v) is 8.85. The summed E-state index contributed by atoms with van der Waals surface area (Å²) < 4.78 is 10.4. The Bertz CT molecular complexity index is 372. The van der Waals surface area contributed by atoms with Gasteiger partial charge in [0.2, 0.25) is 0 Å². The molecule has 0 heterocycles. The summed E-state index contributed by atoms with van der Waals surface area (Å²) >= 11 is 0. The molecule has 0 fully saturated rings. The predicted molar refractivity (Wildman–Crippen MR) is 98.1 cm³/mol. The minimum absolute atomic E-state index is 0.621. The van der Waals surface area contributed by atoms with Gasteiger partial charge < -0.3 is 15.2 Å². The lowest BCUT2D eigenvalue weighted by molar-refractivity contribution is 0.0406. The highest BCUT2D eigenvalue weighted by Crippen LogP contribution is 2.08. The fraction of sp³-hybridized carbons (Fsp3) is 0.882. The van der Waals surface area contributed by atoms with E-state index in [0.29, 0.717) is 13.1 Å². The molecular formula is C17H36N4O4. The van der Waals surface area contributed by atoms with Gasteiger partial charge in [-0.2, -0.15) is 0 Å². The highest BCUT2D eigenvalue weighted by Gasteiger charge is 2.22. The van der Waals surface area contributed by atoms with E-state index in [0.717, 1.165) is 25.7 Å². The monoisotopic (exact) mass is 360 g/mol. The van der Waals surface area contributed by atoms with Crippen molar-refractivity contribution in [3.63, 3.8) is 0 Å². The van der Waals surface area contributed by atoms with E-state index in [-0.39, 0.29) is 0 Å². The molecule has 0 aromatic rings. The zero-order valence-electron chi connectivity index (χ0n) is 16.5. The molecule has 0 unspecified atom stereocenters. The Morgan fingerprint density at radius 1 is 0.840 bits per heavy atom. The standard InChI is InChI=1S/C17H36N4O4/c1-16(2,3)24-14(22)20-13(19-12-10-8-7-9-11-18)21-15(23)25-17(4,5)6/h13,19H,7-12,18H2,1-6H3,(H,20,22)(H,21,23). The van der Waals surface area contributed by atoms with Gasteiger partial charge in [-0.3, -0.25) is 16.0 Å². The Morgan fingerprint density at radius 3 is 1.68 bits per heavy atom. The molecule has 0 rings (SSSR count). The molecule has 8 heteroatoms. The van der Waals surface area contributed by atoms with Gasteiger partial charge in [-0.1, -0.05) is 12.8 Å². The van der Waals surface area contributed by atoms with Crippen LogP contribution in [0.4, 0.5) is 9.59 Å². The maximum atomic E-state index is 11.9. The Hall–Kier alpha value is -1.54. The Morgan fingerprint density at radius 2 is 1.28 bits per heavy atom. The van der Waals surface area contributed by atoms with Gasteiger partial charge in [0.1, 0.15) is 11.2 Å². The van der Waals surface area contributed by atoms with Gasteiger partial charge in [0, 0.05) is 0 Å². The molecule has 0 saturated carbocycles. The van der Waals surface area contributed by atoms with Gasteiger partial charge in [0.25, 0.3) is 0 Å².